The normalized spacial score (nSPS) is 10.3. The zero-order valence-electron chi connectivity index (χ0n) is 12.0. The molecule has 2 aromatic carbocycles. The smallest absolute Gasteiger partial charge is 0.222 e. The fourth-order valence-corrected chi connectivity index (χ4v) is 2.50. The van der Waals surface area contributed by atoms with Crippen LogP contribution in [0.15, 0.2) is 48.5 Å². The van der Waals surface area contributed by atoms with E-state index in [2.05, 4.69) is 16.0 Å². The number of hydrogen-bond donors (Lipinski definition) is 2. The van der Waals surface area contributed by atoms with E-state index in [0.29, 0.717) is 10.7 Å². The summed E-state index contributed by atoms with van der Waals surface area (Å²) >= 11 is 5.95. The Balaban J connectivity index is 2.27. The van der Waals surface area contributed by atoms with Crippen LogP contribution in [-0.4, -0.2) is 9.97 Å². The zero-order valence-corrected chi connectivity index (χ0v) is 12.7. The molecule has 0 radical (unpaired) electrons. The van der Waals surface area contributed by atoms with Crippen molar-refractivity contribution < 1.29 is 0 Å². The summed E-state index contributed by atoms with van der Waals surface area (Å²) < 4.78 is 0. The topological polar surface area (TPSA) is 102 Å². The number of anilines is 2. The zero-order chi connectivity index (χ0) is 16.4. The molecule has 0 unspecified atom stereocenters. The summed E-state index contributed by atoms with van der Waals surface area (Å²) in [6, 6.07) is 17.1. The van der Waals surface area contributed by atoms with Crippen LogP contribution in [0.25, 0.3) is 22.4 Å². The molecule has 112 valence electrons. The Hall–Kier alpha value is -3.10. The van der Waals surface area contributed by atoms with Crippen LogP contribution >= 0.6 is 11.6 Å². The highest BCUT2D eigenvalue weighted by Gasteiger charge is 2.16. The number of aromatic nitrogens is 2. The number of hydrogen-bond acceptors (Lipinski definition) is 5. The first-order valence-corrected chi connectivity index (χ1v) is 7.16. The standard InChI is InChI=1S/C17H12ClN5/c18-11-7-5-10(6-8-11)12-3-1-2-4-13(12)15-14(9-19)16(20)23-17(21)22-15/h1-8H,(H4,20,21,22,23). The number of rotatable bonds is 2. The van der Waals surface area contributed by atoms with Crippen molar-refractivity contribution in [3.63, 3.8) is 0 Å². The maximum Gasteiger partial charge on any atom is 0.222 e. The average Bonchev–Trinajstić information content (AvgIpc) is 2.55. The molecule has 0 fully saturated rings. The van der Waals surface area contributed by atoms with Crippen molar-refractivity contribution in [2.24, 2.45) is 0 Å². The van der Waals surface area contributed by atoms with E-state index in [-0.39, 0.29) is 17.3 Å². The second-order valence-corrected chi connectivity index (χ2v) is 5.29. The predicted octanol–water partition coefficient (Wildman–Crippen LogP) is 3.50. The Kier molecular flexibility index (Phi) is 3.83. The van der Waals surface area contributed by atoms with Crippen LogP contribution in [0.1, 0.15) is 5.56 Å². The van der Waals surface area contributed by atoms with Gasteiger partial charge in [0, 0.05) is 10.6 Å². The quantitative estimate of drug-likeness (QED) is 0.752. The van der Waals surface area contributed by atoms with Crippen LogP contribution in [0.4, 0.5) is 11.8 Å². The van der Waals surface area contributed by atoms with Gasteiger partial charge in [0.1, 0.15) is 17.5 Å². The van der Waals surface area contributed by atoms with Crippen LogP contribution in [0.2, 0.25) is 5.02 Å². The second kappa shape index (κ2) is 5.95. The van der Waals surface area contributed by atoms with Gasteiger partial charge in [0.05, 0.1) is 5.69 Å². The molecule has 4 N–H and O–H groups in total. The molecule has 0 spiro atoms. The van der Waals surface area contributed by atoms with Crippen molar-refractivity contribution in [3.05, 3.63) is 59.1 Å². The summed E-state index contributed by atoms with van der Waals surface area (Å²) in [7, 11) is 0. The molecule has 0 bridgehead atoms. The van der Waals surface area contributed by atoms with Gasteiger partial charge >= 0.3 is 0 Å². The summed E-state index contributed by atoms with van der Waals surface area (Å²) in [4.78, 5) is 8.07. The summed E-state index contributed by atoms with van der Waals surface area (Å²) in [5.74, 6) is 0.100. The molecule has 0 aliphatic heterocycles. The third-order valence-electron chi connectivity index (χ3n) is 3.40. The Morgan fingerprint density at radius 1 is 0.913 bits per heavy atom. The predicted molar refractivity (Wildman–Crippen MR) is 91.5 cm³/mol. The SMILES string of the molecule is N#Cc1c(N)nc(N)nc1-c1ccccc1-c1ccc(Cl)cc1. The van der Waals surface area contributed by atoms with Gasteiger partial charge in [0.2, 0.25) is 5.95 Å². The van der Waals surface area contributed by atoms with Gasteiger partial charge in [-0.2, -0.15) is 10.2 Å². The van der Waals surface area contributed by atoms with Crippen molar-refractivity contribution in [2.75, 3.05) is 11.5 Å². The minimum Gasteiger partial charge on any atom is -0.382 e. The average molecular weight is 322 g/mol. The number of nitrogens with two attached hydrogens (primary N) is 2. The monoisotopic (exact) mass is 321 g/mol. The molecule has 1 heterocycles. The van der Waals surface area contributed by atoms with Crippen LogP contribution in [-0.2, 0) is 0 Å². The fourth-order valence-electron chi connectivity index (χ4n) is 2.37. The summed E-state index contributed by atoms with van der Waals surface area (Å²) in [5.41, 5.74) is 14.7. The molecule has 23 heavy (non-hydrogen) atoms. The lowest BCUT2D eigenvalue weighted by molar-refractivity contribution is 1.18. The maximum absolute atomic E-state index is 9.38. The lowest BCUT2D eigenvalue weighted by Crippen LogP contribution is -2.05. The van der Waals surface area contributed by atoms with Crippen LogP contribution in [0.3, 0.4) is 0 Å². The maximum atomic E-state index is 9.38. The van der Waals surface area contributed by atoms with Crippen molar-refractivity contribution in [3.8, 4) is 28.5 Å². The minimum absolute atomic E-state index is 0.0300. The summed E-state index contributed by atoms with van der Waals surface area (Å²) in [6.07, 6.45) is 0. The van der Waals surface area contributed by atoms with Gasteiger partial charge in [-0.05, 0) is 23.3 Å². The number of halogens is 1. The molecule has 0 saturated carbocycles. The first kappa shape index (κ1) is 14.8. The van der Waals surface area contributed by atoms with Crippen molar-refractivity contribution in [1.29, 1.82) is 5.26 Å². The Bertz CT molecular complexity index is 913. The van der Waals surface area contributed by atoms with Gasteiger partial charge in [-0.3, -0.25) is 0 Å². The molecule has 0 amide bonds. The van der Waals surface area contributed by atoms with E-state index in [1.54, 1.807) is 0 Å². The first-order valence-electron chi connectivity index (χ1n) is 6.78. The Morgan fingerprint density at radius 3 is 2.22 bits per heavy atom. The number of nitrogen functional groups attached to an aromatic ring is 2. The molecule has 1 aromatic heterocycles. The molecule has 5 nitrogen and oxygen atoms in total. The second-order valence-electron chi connectivity index (χ2n) is 4.85. The molecule has 0 saturated heterocycles. The fraction of sp³-hybridized carbons (Fsp3) is 0. The molecular formula is C17H12ClN5. The van der Waals surface area contributed by atoms with Gasteiger partial charge in [-0.1, -0.05) is 48.0 Å². The summed E-state index contributed by atoms with van der Waals surface area (Å²) in [6.45, 7) is 0. The molecule has 3 aromatic rings. The minimum atomic E-state index is 0.0300. The van der Waals surface area contributed by atoms with Crippen LogP contribution < -0.4 is 11.5 Å². The van der Waals surface area contributed by atoms with E-state index in [1.807, 2.05) is 48.5 Å². The largest absolute Gasteiger partial charge is 0.382 e. The number of nitrogens with zero attached hydrogens (tertiary/aromatic N) is 3. The van der Waals surface area contributed by atoms with Gasteiger partial charge in [0.15, 0.2) is 0 Å². The molecule has 0 aliphatic rings. The Morgan fingerprint density at radius 2 is 1.57 bits per heavy atom. The highest BCUT2D eigenvalue weighted by Crippen LogP contribution is 2.34. The van der Waals surface area contributed by atoms with Gasteiger partial charge in [-0.25, -0.2) is 4.98 Å². The van der Waals surface area contributed by atoms with E-state index < -0.39 is 0 Å². The highest BCUT2D eigenvalue weighted by molar-refractivity contribution is 6.30. The lowest BCUT2D eigenvalue weighted by Gasteiger charge is -2.12. The van der Waals surface area contributed by atoms with Crippen molar-refractivity contribution in [1.82, 2.24) is 9.97 Å². The van der Waals surface area contributed by atoms with Crippen molar-refractivity contribution in [2.45, 2.75) is 0 Å². The van der Waals surface area contributed by atoms with E-state index in [9.17, 15) is 5.26 Å². The third-order valence-corrected chi connectivity index (χ3v) is 3.66. The van der Waals surface area contributed by atoms with E-state index in [0.717, 1.165) is 16.7 Å². The third kappa shape index (κ3) is 2.80. The highest BCUT2D eigenvalue weighted by atomic mass is 35.5. The molecule has 6 heteroatoms. The van der Waals surface area contributed by atoms with E-state index in [4.69, 9.17) is 23.1 Å². The molecule has 0 atom stereocenters. The molecule has 3 rings (SSSR count). The lowest BCUT2D eigenvalue weighted by atomic mass is 9.95. The molecule has 0 aliphatic carbocycles. The van der Waals surface area contributed by atoms with Crippen LogP contribution in [0, 0.1) is 11.3 Å². The number of benzene rings is 2. The first-order chi connectivity index (χ1) is 11.1. The molecular weight excluding hydrogens is 310 g/mol. The van der Waals surface area contributed by atoms with Crippen LogP contribution in [0.5, 0.6) is 0 Å². The number of nitriles is 1. The van der Waals surface area contributed by atoms with Gasteiger partial charge in [0.25, 0.3) is 0 Å². The van der Waals surface area contributed by atoms with Gasteiger partial charge < -0.3 is 11.5 Å². The van der Waals surface area contributed by atoms with Crippen molar-refractivity contribution >= 4 is 23.4 Å². The summed E-state index contributed by atoms with van der Waals surface area (Å²) in [5, 5.41) is 10.0. The van der Waals surface area contributed by atoms with E-state index in [1.165, 1.54) is 0 Å². The van der Waals surface area contributed by atoms with E-state index >= 15 is 0 Å². The Labute approximate surface area is 138 Å². The van der Waals surface area contributed by atoms with Gasteiger partial charge in [-0.15, -0.1) is 0 Å².